The average molecular weight is 286 g/mol. The van der Waals surface area contributed by atoms with E-state index in [2.05, 4.69) is 33.0 Å². The van der Waals surface area contributed by atoms with Gasteiger partial charge >= 0.3 is 0 Å². The number of nitrogens with zero attached hydrogens (tertiary/aromatic N) is 1. The number of nitrogens with one attached hydrogen (secondary N) is 1. The molecule has 0 aromatic carbocycles. The molecular weight excluding hydrogens is 244 g/mol. The van der Waals surface area contributed by atoms with Crippen LogP contribution < -0.4 is 5.32 Å². The van der Waals surface area contributed by atoms with Gasteiger partial charge < -0.3 is 9.80 Å². The smallest absolute Gasteiger partial charge is 0.0913 e. The third kappa shape index (κ3) is 9.77. The molecule has 2 nitrogen and oxygen atoms in total. The van der Waals surface area contributed by atoms with Crippen molar-refractivity contribution in [3.05, 3.63) is 0 Å². The van der Waals surface area contributed by atoms with Gasteiger partial charge in [-0.3, -0.25) is 0 Å². The maximum Gasteiger partial charge on any atom is 0.0913 e. The Labute approximate surface area is 128 Å². The molecule has 0 fully saturated rings. The highest BCUT2D eigenvalue weighted by Gasteiger charge is 2.24. The Kier molecular flexibility index (Phi) is 13.8. The Bertz CT molecular complexity index is 170. The van der Waals surface area contributed by atoms with Gasteiger partial charge in [0.15, 0.2) is 0 Å². The molecule has 0 aliphatic heterocycles. The molecule has 0 saturated heterocycles. The molecule has 0 amide bonds. The predicted molar refractivity (Wildman–Crippen MR) is 92.2 cm³/mol. The van der Waals surface area contributed by atoms with Gasteiger partial charge in [0.25, 0.3) is 0 Å². The summed E-state index contributed by atoms with van der Waals surface area (Å²) in [5, 5.41) is 3.66. The summed E-state index contributed by atoms with van der Waals surface area (Å²) in [6, 6.07) is 0. The lowest BCUT2D eigenvalue weighted by Crippen LogP contribution is -2.53. The molecule has 2 heteroatoms. The summed E-state index contributed by atoms with van der Waals surface area (Å²) in [6.07, 6.45) is 10.8. The molecule has 0 bridgehead atoms. The maximum absolute atomic E-state index is 3.66. The molecule has 0 aromatic heterocycles. The Morgan fingerprint density at radius 1 is 0.550 bits per heavy atom. The van der Waals surface area contributed by atoms with Gasteiger partial charge in [-0.25, -0.2) is 0 Å². The lowest BCUT2D eigenvalue weighted by atomic mass is 10.1. The first kappa shape index (κ1) is 19.9. The SMILES string of the molecule is CCCCNCC[N+](CCCC)(CCCC)CCCC. The van der Waals surface area contributed by atoms with Crippen LogP contribution in [-0.4, -0.2) is 43.8 Å². The van der Waals surface area contributed by atoms with Gasteiger partial charge in [0.05, 0.1) is 26.2 Å². The summed E-state index contributed by atoms with van der Waals surface area (Å²) < 4.78 is 1.37. The van der Waals surface area contributed by atoms with Crippen molar-refractivity contribution in [2.75, 3.05) is 39.3 Å². The standard InChI is InChI=1S/C18H41N2/c1-5-9-13-19-14-18-20(15-10-6-2,16-11-7-3)17-12-8-4/h19H,5-18H2,1-4H3/q+1. The van der Waals surface area contributed by atoms with E-state index < -0.39 is 0 Å². The van der Waals surface area contributed by atoms with Crippen LogP contribution in [0, 0.1) is 0 Å². The third-order valence-electron chi connectivity index (χ3n) is 4.43. The van der Waals surface area contributed by atoms with Crippen molar-refractivity contribution in [1.82, 2.24) is 5.32 Å². The van der Waals surface area contributed by atoms with Gasteiger partial charge in [-0.1, -0.05) is 53.4 Å². The quantitative estimate of drug-likeness (QED) is 0.343. The minimum Gasteiger partial charge on any atom is -0.323 e. The van der Waals surface area contributed by atoms with E-state index in [1.807, 2.05) is 0 Å². The van der Waals surface area contributed by atoms with Crippen molar-refractivity contribution >= 4 is 0 Å². The molecule has 0 saturated carbocycles. The van der Waals surface area contributed by atoms with E-state index in [9.17, 15) is 0 Å². The normalized spacial score (nSPS) is 12.0. The molecule has 0 atom stereocenters. The Balaban J connectivity index is 4.34. The molecule has 20 heavy (non-hydrogen) atoms. The van der Waals surface area contributed by atoms with Crippen LogP contribution in [0.1, 0.15) is 79.1 Å². The van der Waals surface area contributed by atoms with Crippen molar-refractivity contribution < 1.29 is 4.48 Å². The number of hydrogen-bond donors (Lipinski definition) is 1. The van der Waals surface area contributed by atoms with Crippen molar-refractivity contribution in [3.63, 3.8) is 0 Å². The van der Waals surface area contributed by atoms with Crippen LogP contribution in [0.15, 0.2) is 0 Å². The second-order valence-corrected chi connectivity index (χ2v) is 6.40. The van der Waals surface area contributed by atoms with Crippen LogP contribution in [0.5, 0.6) is 0 Å². The minimum absolute atomic E-state index is 1.20. The maximum atomic E-state index is 3.66. The first-order valence-electron chi connectivity index (χ1n) is 9.30. The highest BCUT2D eigenvalue weighted by atomic mass is 15.4. The minimum atomic E-state index is 1.20. The van der Waals surface area contributed by atoms with E-state index in [4.69, 9.17) is 0 Å². The largest absolute Gasteiger partial charge is 0.323 e. The first-order chi connectivity index (χ1) is 9.74. The molecule has 0 heterocycles. The molecule has 0 aliphatic rings. The van der Waals surface area contributed by atoms with E-state index in [-0.39, 0.29) is 0 Å². The first-order valence-corrected chi connectivity index (χ1v) is 9.30. The fourth-order valence-electron chi connectivity index (χ4n) is 2.89. The summed E-state index contributed by atoms with van der Waals surface area (Å²) in [4.78, 5) is 0. The molecule has 0 spiro atoms. The van der Waals surface area contributed by atoms with Crippen molar-refractivity contribution in [2.45, 2.75) is 79.1 Å². The third-order valence-corrected chi connectivity index (χ3v) is 4.43. The van der Waals surface area contributed by atoms with Gasteiger partial charge in [0, 0.05) is 6.54 Å². The van der Waals surface area contributed by atoms with Gasteiger partial charge in [0.1, 0.15) is 0 Å². The number of quaternary nitrogens is 1. The number of rotatable bonds is 15. The summed E-state index contributed by atoms with van der Waals surface area (Å²) in [5.74, 6) is 0. The molecule has 0 rings (SSSR count). The topological polar surface area (TPSA) is 12.0 Å². The highest BCUT2D eigenvalue weighted by molar-refractivity contribution is 4.52. The van der Waals surface area contributed by atoms with Crippen LogP contribution in [0.4, 0.5) is 0 Å². The zero-order valence-corrected chi connectivity index (χ0v) is 14.8. The second kappa shape index (κ2) is 13.9. The summed E-state index contributed by atoms with van der Waals surface area (Å²) in [5.41, 5.74) is 0. The van der Waals surface area contributed by atoms with Gasteiger partial charge in [-0.15, -0.1) is 0 Å². The predicted octanol–water partition coefficient (Wildman–Crippen LogP) is 4.59. The van der Waals surface area contributed by atoms with Crippen molar-refractivity contribution in [2.24, 2.45) is 0 Å². The Morgan fingerprint density at radius 2 is 1.00 bits per heavy atom. The van der Waals surface area contributed by atoms with Crippen molar-refractivity contribution in [3.8, 4) is 0 Å². The second-order valence-electron chi connectivity index (χ2n) is 6.40. The van der Waals surface area contributed by atoms with Crippen LogP contribution in [0.25, 0.3) is 0 Å². The molecular formula is C18H41N2+. The van der Waals surface area contributed by atoms with Crippen molar-refractivity contribution in [1.29, 1.82) is 0 Å². The summed E-state index contributed by atoms with van der Waals surface area (Å²) in [6.45, 7) is 17.2. The van der Waals surface area contributed by atoms with Crippen LogP contribution in [0.2, 0.25) is 0 Å². The van der Waals surface area contributed by atoms with Gasteiger partial charge in [-0.2, -0.15) is 0 Å². The Hall–Kier alpha value is -0.0800. The molecule has 0 unspecified atom stereocenters. The molecule has 122 valence electrons. The van der Waals surface area contributed by atoms with E-state index in [0.717, 1.165) is 0 Å². The fourth-order valence-corrected chi connectivity index (χ4v) is 2.89. The zero-order valence-electron chi connectivity index (χ0n) is 14.8. The molecule has 1 N–H and O–H groups in total. The van der Waals surface area contributed by atoms with Gasteiger partial charge in [-0.05, 0) is 32.2 Å². The molecule has 0 aromatic rings. The average Bonchev–Trinajstić information content (AvgIpc) is 2.48. The number of unbranched alkanes of at least 4 members (excludes halogenated alkanes) is 4. The lowest BCUT2D eigenvalue weighted by molar-refractivity contribution is -0.927. The Morgan fingerprint density at radius 3 is 1.40 bits per heavy atom. The fraction of sp³-hybridized carbons (Fsp3) is 1.00. The summed E-state index contributed by atoms with van der Waals surface area (Å²) >= 11 is 0. The van der Waals surface area contributed by atoms with E-state index >= 15 is 0 Å². The van der Waals surface area contributed by atoms with Crippen LogP contribution >= 0.6 is 0 Å². The van der Waals surface area contributed by atoms with E-state index in [1.54, 1.807) is 0 Å². The lowest BCUT2D eigenvalue weighted by Gasteiger charge is -2.39. The van der Waals surface area contributed by atoms with Crippen LogP contribution in [0.3, 0.4) is 0 Å². The summed E-state index contributed by atoms with van der Waals surface area (Å²) in [7, 11) is 0. The van der Waals surface area contributed by atoms with E-state index in [1.165, 1.54) is 95.1 Å². The zero-order chi connectivity index (χ0) is 15.1. The van der Waals surface area contributed by atoms with E-state index in [0.29, 0.717) is 0 Å². The van der Waals surface area contributed by atoms with Gasteiger partial charge in [0.2, 0.25) is 0 Å². The highest BCUT2D eigenvalue weighted by Crippen LogP contribution is 2.14. The molecule has 0 aliphatic carbocycles. The monoisotopic (exact) mass is 285 g/mol. The van der Waals surface area contributed by atoms with Crippen LogP contribution in [-0.2, 0) is 0 Å². The molecule has 0 radical (unpaired) electrons. The number of hydrogen-bond acceptors (Lipinski definition) is 1.